The second-order valence-electron chi connectivity index (χ2n) is 8.54. The Morgan fingerprint density at radius 3 is 2.39 bits per heavy atom. The molecule has 0 saturated carbocycles. The van der Waals surface area contributed by atoms with Crippen molar-refractivity contribution in [2.75, 3.05) is 18.0 Å². The van der Waals surface area contributed by atoms with Crippen LogP contribution in [-0.4, -0.2) is 34.7 Å². The highest BCUT2D eigenvalue weighted by Crippen LogP contribution is 2.42. The molecule has 0 N–H and O–H groups in total. The van der Waals surface area contributed by atoms with E-state index in [1.54, 1.807) is 12.1 Å². The van der Waals surface area contributed by atoms with Crippen molar-refractivity contribution in [1.82, 2.24) is 10.2 Å². The summed E-state index contributed by atoms with van der Waals surface area (Å²) in [5.74, 6) is 1.46. The number of ether oxygens (including phenoxy) is 1. The van der Waals surface area contributed by atoms with Gasteiger partial charge in [0.2, 0.25) is 0 Å². The number of carbonyl (C=O) groups excluding carboxylic acids is 1. The third-order valence-electron chi connectivity index (χ3n) is 6.57. The Hall–Kier alpha value is -3.28. The molecule has 0 radical (unpaired) electrons. The summed E-state index contributed by atoms with van der Waals surface area (Å²) in [6, 6.07) is 14.0. The fourth-order valence-electron chi connectivity index (χ4n) is 4.47. The minimum absolute atomic E-state index is 0.168. The number of hydrogen-bond donors (Lipinski definition) is 0. The van der Waals surface area contributed by atoms with Crippen LogP contribution in [0.1, 0.15) is 40.7 Å². The van der Waals surface area contributed by atoms with Crippen LogP contribution in [-0.2, 0) is 0 Å². The van der Waals surface area contributed by atoms with Gasteiger partial charge in [-0.2, -0.15) is 0 Å². The lowest BCUT2D eigenvalue weighted by atomic mass is 9.81. The first kappa shape index (κ1) is 19.7. The van der Waals surface area contributed by atoms with E-state index in [0.29, 0.717) is 17.7 Å². The van der Waals surface area contributed by atoms with Gasteiger partial charge in [0.05, 0.1) is 17.7 Å². The first-order valence-corrected chi connectivity index (χ1v) is 10.6. The van der Waals surface area contributed by atoms with Gasteiger partial charge in [-0.1, -0.05) is 6.07 Å². The molecule has 158 valence electrons. The number of ketones is 1. The highest BCUT2D eigenvalue weighted by molar-refractivity contribution is 6.01. The number of anilines is 1. The molecule has 1 fully saturated rings. The molecule has 2 aliphatic rings. The maximum atomic E-state index is 13.1. The molecule has 3 aromatic rings. The average molecular weight is 417 g/mol. The van der Waals surface area contributed by atoms with Crippen molar-refractivity contribution < 1.29 is 13.9 Å². The van der Waals surface area contributed by atoms with E-state index in [0.717, 1.165) is 54.2 Å². The Bertz CT molecular complexity index is 1130. The molecule has 3 heterocycles. The topological polar surface area (TPSA) is 55.3 Å². The van der Waals surface area contributed by atoms with Gasteiger partial charge in [0.15, 0.2) is 11.6 Å². The monoisotopic (exact) mass is 417 g/mol. The van der Waals surface area contributed by atoms with Gasteiger partial charge in [-0.3, -0.25) is 4.79 Å². The Morgan fingerprint density at radius 2 is 1.71 bits per heavy atom. The van der Waals surface area contributed by atoms with Crippen molar-refractivity contribution >= 4 is 11.6 Å². The molecule has 31 heavy (non-hydrogen) atoms. The third kappa shape index (κ3) is 3.56. The molecule has 0 atom stereocenters. The highest BCUT2D eigenvalue weighted by Gasteiger charge is 2.43. The van der Waals surface area contributed by atoms with Crippen LogP contribution in [0.3, 0.4) is 0 Å². The van der Waals surface area contributed by atoms with E-state index in [9.17, 15) is 9.18 Å². The molecule has 0 bridgehead atoms. The van der Waals surface area contributed by atoms with E-state index in [4.69, 9.17) is 4.74 Å². The predicted octanol–water partition coefficient (Wildman–Crippen LogP) is 4.90. The van der Waals surface area contributed by atoms with E-state index < -0.39 is 5.60 Å². The number of Topliss-reactive ketones (excluding diaryl/α,β-unsaturated/α-hetero) is 1. The zero-order valence-electron chi connectivity index (χ0n) is 17.7. The molecule has 5 rings (SSSR count). The van der Waals surface area contributed by atoms with Gasteiger partial charge in [0, 0.05) is 31.5 Å². The maximum Gasteiger partial charge on any atom is 0.170 e. The smallest absolute Gasteiger partial charge is 0.170 e. The van der Waals surface area contributed by atoms with Crippen LogP contribution >= 0.6 is 0 Å². The Labute approximate surface area is 180 Å². The molecule has 2 aliphatic heterocycles. The fraction of sp³-hybridized carbons (Fsp3) is 0.320. The number of hydrogen-bond acceptors (Lipinski definition) is 5. The minimum atomic E-state index is -0.444. The zero-order valence-corrected chi connectivity index (χ0v) is 17.7. The molecule has 5 nitrogen and oxygen atoms in total. The number of aromatic nitrogens is 2. The van der Waals surface area contributed by atoms with E-state index in [2.05, 4.69) is 15.1 Å². The zero-order chi connectivity index (χ0) is 21.6. The summed E-state index contributed by atoms with van der Waals surface area (Å²) in [6.07, 6.45) is 1.94. The summed E-state index contributed by atoms with van der Waals surface area (Å²) < 4.78 is 19.6. The van der Waals surface area contributed by atoms with E-state index >= 15 is 0 Å². The van der Waals surface area contributed by atoms with Gasteiger partial charge >= 0.3 is 0 Å². The summed E-state index contributed by atoms with van der Waals surface area (Å²) in [7, 11) is 0. The van der Waals surface area contributed by atoms with Crippen molar-refractivity contribution in [2.24, 2.45) is 0 Å². The number of fused-ring (bicyclic) bond motifs is 1. The highest BCUT2D eigenvalue weighted by atomic mass is 19.1. The summed E-state index contributed by atoms with van der Waals surface area (Å²) in [5, 5.41) is 8.71. The standard InChI is InChI=1S/C25H24FN3O2/c1-16-3-8-20-22(30)15-25(31-24(20)17(16)2)11-13-29(14-12-25)23-10-9-21(27-28-23)18-4-6-19(26)7-5-18/h3-10H,11-15H2,1-2H3. The molecule has 1 aromatic heterocycles. The van der Waals surface area contributed by atoms with Gasteiger partial charge in [-0.25, -0.2) is 4.39 Å². The molecular formula is C25H24FN3O2. The van der Waals surface area contributed by atoms with Crippen molar-refractivity contribution in [3.05, 3.63) is 71.0 Å². The molecule has 0 aliphatic carbocycles. The quantitative estimate of drug-likeness (QED) is 0.593. The van der Waals surface area contributed by atoms with E-state index in [1.807, 2.05) is 38.1 Å². The predicted molar refractivity (Wildman–Crippen MR) is 117 cm³/mol. The third-order valence-corrected chi connectivity index (χ3v) is 6.57. The number of carbonyl (C=O) groups is 1. The lowest BCUT2D eigenvalue weighted by Crippen LogP contribution is -2.51. The number of benzene rings is 2. The normalized spacial score (nSPS) is 17.4. The minimum Gasteiger partial charge on any atom is -0.486 e. The Morgan fingerprint density at radius 1 is 0.968 bits per heavy atom. The average Bonchev–Trinajstić information content (AvgIpc) is 2.78. The summed E-state index contributed by atoms with van der Waals surface area (Å²) in [4.78, 5) is 15.0. The van der Waals surface area contributed by atoms with Crippen molar-refractivity contribution in [1.29, 1.82) is 0 Å². The molecule has 1 spiro atoms. The maximum absolute atomic E-state index is 13.1. The van der Waals surface area contributed by atoms with Crippen LogP contribution in [0, 0.1) is 19.7 Å². The van der Waals surface area contributed by atoms with Crippen LogP contribution in [0.25, 0.3) is 11.3 Å². The molecule has 0 unspecified atom stereocenters. The van der Waals surface area contributed by atoms with Gasteiger partial charge < -0.3 is 9.64 Å². The number of halogens is 1. The second-order valence-corrected chi connectivity index (χ2v) is 8.54. The van der Waals surface area contributed by atoms with Gasteiger partial charge in [-0.15, -0.1) is 10.2 Å². The largest absolute Gasteiger partial charge is 0.486 e. The van der Waals surface area contributed by atoms with Crippen molar-refractivity contribution in [3.8, 4) is 17.0 Å². The molecule has 1 saturated heterocycles. The van der Waals surface area contributed by atoms with Gasteiger partial charge in [-0.05, 0) is 67.4 Å². The van der Waals surface area contributed by atoms with Crippen LogP contribution in [0.5, 0.6) is 5.75 Å². The van der Waals surface area contributed by atoms with E-state index in [-0.39, 0.29) is 11.6 Å². The van der Waals surface area contributed by atoms with Gasteiger partial charge in [0.1, 0.15) is 17.2 Å². The lowest BCUT2D eigenvalue weighted by Gasteiger charge is -2.44. The van der Waals surface area contributed by atoms with Crippen LogP contribution in [0.4, 0.5) is 10.2 Å². The fourth-order valence-corrected chi connectivity index (χ4v) is 4.47. The van der Waals surface area contributed by atoms with Crippen LogP contribution < -0.4 is 9.64 Å². The number of rotatable bonds is 2. The van der Waals surface area contributed by atoms with Crippen LogP contribution in [0.15, 0.2) is 48.5 Å². The first-order valence-electron chi connectivity index (χ1n) is 10.6. The van der Waals surface area contributed by atoms with Crippen LogP contribution in [0.2, 0.25) is 0 Å². The second kappa shape index (κ2) is 7.45. The van der Waals surface area contributed by atoms with Crippen molar-refractivity contribution in [2.45, 2.75) is 38.7 Å². The Kier molecular flexibility index (Phi) is 4.73. The number of piperidine rings is 1. The molecule has 6 heteroatoms. The number of nitrogens with zero attached hydrogens (tertiary/aromatic N) is 3. The summed E-state index contributed by atoms with van der Waals surface area (Å²) >= 11 is 0. The van der Waals surface area contributed by atoms with Gasteiger partial charge in [0.25, 0.3) is 0 Å². The van der Waals surface area contributed by atoms with E-state index in [1.165, 1.54) is 12.1 Å². The SMILES string of the molecule is Cc1ccc2c(c1C)OC1(CCN(c3ccc(-c4ccc(F)cc4)nn3)CC1)CC2=O. The summed E-state index contributed by atoms with van der Waals surface area (Å²) in [6.45, 7) is 5.56. The van der Waals surface area contributed by atoms with Crippen molar-refractivity contribution in [3.63, 3.8) is 0 Å². The molecule has 0 amide bonds. The molecular weight excluding hydrogens is 393 g/mol. The molecule has 2 aromatic carbocycles. The first-order chi connectivity index (χ1) is 14.9. The Balaban J connectivity index is 1.31. The lowest BCUT2D eigenvalue weighted by molar-refractivity contribution is 0.0224. The number of aryl methyl sites for hydroxylation is 1. The summed E-state index contributed by atoms with van der Waals surface area (Å²) in [5.41, 5.74) is 3.99.